The molecule has 0 bridgehead atoms. The van der Waals surface area contributed by atoms with Gasteiger partial charge < -0.3 is 24.9 Å². The maximum absolute atomic E-state index is 12.3. The number of fused-ring (bicyclic) bond motifs is 1. The van der Waals surface area contributed by atoms with Crippen molar-refractivity contribution in [3.05, 3.63) is 28.6 Å². The minimum Gasteiger partial charge on any atom is -0.396 e. The Morgan fingerprint density at radius 1 is 1.24 bits per heavy atom. The van der Waals surface area contributed by atoms with Gasteiger partial charge in [0.25, 0.3) is 5.56 Å². The number of rotatable bonds is 3. The molecule has 4 N–H and O–H groups in total. The van der Waals surface area contributed by atoms with E-state index in [4.69, 9.17) is 0 Å². The largest absolute Gasteiger partial charge is 0.396 e. The van der Waals surface area contributed by atoms with Crippen LogP contribution in [0.1, 0.15) is 31.1 Å². The van der Waals surface area contributed by atoms with Gasteiger partial charge in [0.05, 0.1) is 18.5 Å². The standard InChI is InChI=1S/C16H18N4O5/c21-5-8-4-10(13(24)12(8)23)20-6-17-11-15(20)18-14(19-16(11)25)7-1-2-9(22)3-7/h3,6,8,10,12-13,21,23-24H,1-2,4-5H2,(H,18,19,25)/t8-,10-,12-,13+/m1/s1. The zero-order valence-electron chi connectivity index (χ0n) is 13.3. The van der Waals surface area contributed by atoms with Crippen LogP contribution in [-0.2, 0) is 4.79 Å². The topological polar surface area (TPSA) is 141 Å². The van der Waals surface area contributed by atoms with E-state index in [9.17, 15) is 24.9 Å². The summed E-state index contributed by atoms with van der Waals surface area (Å²) in [5, 5.41) is 29.7. The molecule has 0 amide bonds. The average molecular weight is 346 g/mol. The Morgan fingerprint density at radius 2 is 2.04 bits per heavy atom. The van der Waals surface area contributed by atoms with E-state index in [1.807, 2.05) is 0 Å². The number of hydrogen-bond donors (Lipinski definition) is 4. The molecule has 0 radical (unpaired) electrons. The van der Waals surface area contributed by atoms with Crippen LogP contribution in [0.2, 0.25) is 0 Å². The average Bonchev–Trinajstić information content (AvgIpc) is 3.27. The van der Waals surface area contributed by atoms with Crippen molar-refractivity contribution in [2.75, 3.05) is 6.61 Å². The molecule has 0 spiro atoms. The van der Waals surface area contributed by atoms with Gasteiger partial charge in [-0.2, -0.15) is 0 Å². The first-order chi connectivity index (χ1) is 12.0. The summed E-state index contributed by atoms with van der Waals surface area (Å²) >= 11 is 0. The van der Waals surface area contributed by atoms with Crippen molar-refractivity contribution in [2.45, 2.75) is 37.5 Å². The van der Waals surface area contributed by atoms with Gasteiger partial charge in [0.15, 0.2) is 16.9 Å². The molecule has 2 aromatic rings. The van der Waals surface area contributed by atoms with Gasteiger partial charge in [-0.15, -0.1) is 0 Å². The van der Waals surface area contributed by atoms with E-state index in [-0.39, 0.29) is 23.6 Å². The molecule has 0 saturated heterocycles. The Morgan fingerprint density at radius 3 is 2.68 bits per heavy atom. The number of nitrogens with zero attached hydrogens (tertiary/aromatic N) is 3. The predicted octanol–water partition coefficient (Wildman–Crippen LogP) is -0.859. The van der Waals surface area contributed by atoms with Gasteiger partial charge in [-0.3, -0.25) is 9.59 Å². The van der Waals surface area contributed by atoms with E-state index in [0.29, 0.717) is 30.7 Å². The van der Waals surface area contributed by atoms with Gasteiger partial charge in [0.1, 0.15) is 11.9 Å². The number of ketones is 1. The Hall–Kier alpha value is -2.36. The second-order valence-electron chi connectivity index (χ2n) is 6.60. The number of nitrogens with one attached hydrogen (secondary N) is 1. The fourth-order valence-electron chi connectivity index (χ4n) is 3.66. The maximum Gasteiger partial charge on any atom is 0.279 e. The molecule has 9 nitrogen and oxygen atoms in total. The Balaban J connectivity index is 1.81. The summed E-state index contributed by atoms with van der Waals surface area (Å²) < 4.78 is 1.56. The SMILES string of the molecule is O=C1C=C(c2nc3c(ncn3[C@@H]3C[C@H](CO)[C@@H](O)[C@H]3O)c(=O)[nH]2)CC1. The van der Waals surface area contributed by atoms with Crippen molar-refractivity contribution < 1.29 is 20.1 Å². The molecular weight excluding hydrogens is 328 g/mol. The lowest BCUT2D eigenvalue weighted by molar-refractivity contribution is -0.114. The molecule has 0 aromatic carbocycles. The van der Waals surface area contributed by atoms with Crippen LogP contribution in [0, 0.1) is 5.92 Å². The summed E-state index contributed by atoms with van der Waals surface area (Å²) in [6, 6.07) is -0.543. The third-order valence-corrected chi connectivity index (χ3v) is 5.08. The van der Waals surface area contributed by atoms with Crippen LogP contribution < -0.4 is 5.56 Å². The van der Waals surface area contributed by atoms with Crippen molar-refractivity contribution in [1.29, 1.82) is 0 Å². The van der Waals surface area contributed by atoms with Gasteiger partial charge in [-0.25, -0.2) is 9.97 Å². The Labute approximate surface area is 141 Å². The van der Waals surface area contributed by atoms with Crippen LogP contribution in [0.5, 0.6) is 0 Å². The number of allylic oxidation sites excluding steroid dienone is 2. The minimum absolute atomic E-state index is 0.00798. The Kier molecular flexibility index (Phi) is 3.78. The molecule has 2 aromatic heterocycles. The zero-order chi connectivity index (χ0) is 17.7. The fourth-order valence-corrected chi connectivity index (χ4v) is 3.66. The number of carbonyl (C=O) groups is 1. The van der Waals surface area contributed by atoms with Gasteiger partial charge >= 0.3 is 0 Å². The van der Waals surface area contributed by atoms with E-state index < -0.39 is 29.7 Å². The molecule has 0 unspecified atom stereocenters. The van der Waals surface area contributed by atoms with Crippen LogP contribution >= 0.6 is 0 Å². The van der Waals surface area contributed by atoms with Gasteiger partial charge in [0.2, 0.25) is 0 Å². The molecule has 0 aliphatic heterocycles. The van der Waals surface area contributed by atoms with Crippen molar-refractivity contribution in [3.63, 3.8) is 0 Å². The lowest BCUT2D eigenvalue weighted by atomic mass is 10.1. The highest BCUT2D eigenvalue weighted by Gasteiger charge is 2.42. The molecule has 2 aliphatic rings. The second kappa shape index (κ2) is 5.87. The smallest absolute Gasteiger partial charge is 0.279 e. The highest BCUT2D eigenvalue weighted by molar-refractivity contribution is 6.01. The monoisotopic (exact) mass is 346 g/mol. The van der Waals surface area contributed by atoms with Gasteiger partial charge in [0, 0.05) is 18.9 Å². The third-order valence-electron chi connectivity index (χ3n) is 5.08. The summed E-state index contributed by atoms with van der Waals surface area (Å²) in [5.74, 6) is -0.141. The first-order valence-electron chi connectivity index (χ1n) is 8.17. The van der Waals surface area contributed by atoms with Crippen molar-refractivity contribution in [3.8, 4) is 0 Å². The molecule has 2 heterocycles. The summed E-state index contributed by atoms with van der Waals surface area (Å²) in [4.78, 5) is 34.9. The van der Waals surface area contributed by atoms with E-state index in [1.54, 1.807) is 4.57 Å². The molecule has 4 atom stereocenters. The number of aliphatic hydroxyl groups excluding tert-OH is 3. The highest BCUT2D eigenvalue weighted by Crippen LogP contribution is 2.36. The van der Waals surface area contributed by atoms with Crippen molar-refractivity contribution in [2.24, 2.45) is 5.92 Å². The lowest BCUT2D eigenvalue weighted by Crippen LogP contribution is -2.30. The number of aromatic nitrogens is 4. The van der Waals surface area contributed by atoms with Crippen molar-refractivity contribution in [1.82, 2.24) is 19.5 Å². The van der Waals surface area contributed by atoms with Crippen molar-refractivity contribution >= 4 is 22.5 Å². The van der Waals surface area contributed by atoms with Gasteiger partial charge in [-0.05, 0) is 24.5 Å². The van der Waals surface area contributed by atoms with E-state index in [2.05, 4.69) is 15.0 Å². The molecule has 4 rings (SSSR count). The van der Waals surface area contributed by atoms with Crippen LogP contribution in [0.15, 0.2) is 17.2 Å². The molecule has 25 heavy (non-hydrogen) atoms. The Bertz CT molecular complexity index is 930. The molecule has 1 fully saturated rings. The van der Waals surface area contributed by atoms with Crippen LogP contribution in [0.3, 0.4) is 0 Å². The first kappa shape index (κ1) is 16.1. The normalized spacial score (nSPS) is 29.6. The molecule has 1 saturated carbocycles. The summed E-state index contributed by atoms with van der Waals surface area (Å²) in [6.45, 7) is -0.240. The van der Waals surface area contributed by atoms with Crippen LogP contribution in [0.25, 0.3) is 16.7 Å². The highest BCUT2D eigenvalue weighted by atomic mass is 16.3. The summed E-state index contributed by atoms with van der Waals surface area (Å²) in [5.41, 5.74) is 0.652. The minimum atomic E-state index is -1.09. The quantitative estimate of drug-likeness (QED) is 0.566. The number of imidazole rings is 1. The van der Waals surface area contributed by atoms with E-state index >= 15 is 0 Å². The van der Waals surface area contributed by atoms with Crippen LogP contribution in [0.4, 0.5) is 0 Å². The number of H-pyrrole nitrogens is 1. The number of aliphatic hydroxyl groups is 3. The van der Waals surface area contributed by atoms with Crippen LogP contribution in [-0.4, -0.2) is 59.4 Å². The molecule has 9 heteroatoms. The van der Waals surface area contributed by atoms with Gasteiger partial charge in [-0.1, -0.05) is 0 Å². The maximum atomic E-state index is 12.3. The molecule has 132 valence electrons. The lowest BCUT2D eigenvalue weighted by Gasteiger charge is -2.18. The molecular formula is C16H18N4O5. The number of aromatic amines is 1. The first-order valence-corrected chi connectivity index (χ1v) is 8.17. The van der Waals surface area contributed by atoms with E-state index in [0.717, 1.165) is 0 Å². The number of carbonyl (C=O) groups excluding carboxylic acids is 1. The van der Waals surface area contributed by atoms with E-state index in [1.165, 1.54) is 12.4 Å². The molecule has 2 aliphatic carbocycles. The number of hydrogen-bond acceptors (Lipinski definition) is 7. The summed E-state index contributed by atoms with van der Waals surface area (Å²) in [6.07, 6.45) is 1.98. The predicted molar refractivity (Wildman–Crippen MR) is 86.6 cm³/mol. The third kappa shape index (κ3) is 2.51. The zero-order valence-corrected chi connectivity index (χ0v) is 13.3. The fraction of sp³-hybridized carbons (Fsp3) is 0.500. The second-order valence-corrected chi connectivity index (χ2v) is 6.60. The summed E-state index contributed by atoms with van der Waals surface area (Å²) in [7, 11) is 0.